The van der Waals surface area contributed by atoms with Crippen LogP contribution in [0.2, 0.25) is 0 Å². The van der Waals surface area contributed by atoms with Gasteiger partial charge in [-0.15, -0.1) is 0 Å². The highest BCUT2D eigenvalue weighted by Crippen LogP contribution is 2.15. The molecule has 0 aliphatic carbocycles. The van der Waals surface area contributed by atoms with Crippen molar-refractivity contribution in [3.8, 4) is 0 Å². The Morgan fingerprint density at radius 2 is 2.07 bits per heavy atom. The molecule has 2 rings (SSSR count). The first kappa shape index (κ1) is 10.1. The van der Waals surface area contributed by atoms with E-state index in [1.165, 1.54) is 0 Å². The van der Waals surface area contributed by atoms with E-state index in [1.54, 1.807) is 6.33 Å². The summed E-state index contributed by atoms with van der Waals surface area (Å²) in [5.41, 5.74) is 2.13. The molecule has 1 aromatic heterocycles. The highest BCUT2D eigenvalue weighted by Gasteiger charge is 2.06. The first-order valence-corrected chi connectivity index (χ1v) is 5.17. The Morgan fingerprint density at radius 3 is 2.87 bits per heavy atom. The van der Waals surface area contributed by atoms with Crippen LogP contribution < -0.4 is 5.32 Å². The third-order valence-electron chi connectivity index (χ3n) is 2.62. The second-order valence-corrected chi connectivity index (χ2v) is 3.73. The summed E-state index contributed by atoms with van der Waals surface area (Å²) >= 11 is 0. The molecule has 78 valence electrons. The smallest absolute Gasteiger partial charge is 0.116 e. The second kappa shape index (κ2) is 4.36. The summed E-state index contributed by atoms with van der Waals surface area (Å²) in [4.78, 5) is 8.59. The molecule has 15 heavy (non-hydrogen) atoms. The fourth-order valence-corrected chi connectivity index (χ4v) is 1.62. The van der Waals surface area contributed by atoms with Gasteiger partial charge in [-0.25, -0.2) is 9.97 Å². The molecular weight excluding hydrogens is 186 g/mol. The first-order valence-electron chi connectivity index (χ1n) is 5.17. The SMILES string of the molecule is CNC(C)Cc1ncnc2ccccc12. The molecule has 1 N–H and O–H groups in total. The Hall–Kier alpha value is -1.48. The van der Waals surface area contributed by atoms with Crippen molar-refractivity contribution >= 4 is 10.9 Å². The number of aromatic nitrogens is 2. The van der Waals surface area contributed by atoms with Crippen molar-refractivity contribution in [1.29, 1.82) is 0 Å². The summed E-state index contributed by atoms with van der Waals surface area (Å²) in [6.45, 7) is 2.15. The number of para-hydroxylation sites is 1. The van der Waals surface area contributed by atoms with Gasteiger partial charge in [-0.1, -0.05) is 18.2 Å². The van der Waals surface area contributed by atoms with Crippen LogP contribution in [0.25, 0.3) is 10.9 Å². The molecule has 1 heterocycles. The van der Waals surface area contributed by atoms with Gasteiger partial charge in [-0.05, 0) is 20.0 Å². The molecule has 0 bridgehead atoms. The molecular formula is C12H15N3. The van der Waals surface area contributed by atoms with Crippen LogP contribution in [0.1, 0.15) is 12.6 Å². The lowest BCUT2D eigenvalue weighted by molar-refractivity contribution is 0.602. The van der Waals surface area contributed by atoms with Crippen LogP contribution in [-0.4, -0.2) is 23.1 Å². The number of likely N-dealkylation sites (N-methyl/N-ethyl adjacent to an activating group) is 1. The molecule has 0 fully saturated rings. The zero-order valence-electron chi connectivity index (χ0n) is 9.07. The molecule has 0 saturated heterocycles. The highest BCUT2D eigenvalue weighted by molar-refractivity contribution is 5.80. The number of hydrogen-bond acceptors (Lipinski definition) is 3. The number of nitrogens with one attached hydrogen (secondary N) is 1. The van der Waals surface area contributed by atoms with Gasteiger partial charge in [-0.2, -0.15) is 0 Å². The lowest BCUT2D eigenvalue weighted by Crippen LogP contribution is -2.24. The molecule has 1 atom stereocenters. The van der Waals surface area contributed by atoms with Crippen LogP contribution in [0, 0.1) is 0 Å². The van der Waals surface area contributed by atoms with Crippen molar-refractivity contribution in [3.63, 3.8) is 0 Å². The van der Waals surface area contributed by atoms with E-state index in [2.05, 4.69) is 28.3 Å². The van der Waals surface area contributed by atoms with Gasteiger partial charge in [0.25, 0.3) is 0 Å². The number of rotatable bonds is 3. The molecule has 0 aliphatic rings. The van der Waals surface area contributed by atoms with E-state index in [9.17, 15) is 0 Å². The van der Waals surface area contributed by atoms with Crippen LogP contribution in [0.4, 0.5) is 0 Å². The zero-order valence-corrected chi connectivity index (χ0v) is 9.07. The van der Waals surface area contributed by atoms with E-state index in [0.29, 0.717) is 6.04 Å². The van der Waals surface area contributed by atoms with E-state index in [-0.39, 0.29) is 0 Å². The summed E-state index contributed by atoms with van der Waals surface area (Å²) in [5.74, 6) is 0. The van der Waals surface area contributed by atoms with Crippen LogP contribution in [0.15, 0.2) is 30.6 Å². The molecule has 1 aromatic carbocycles. The Labute approximate surface area is 89.6 Å². The predicted octanol–water partition coefficient (Wildman–Crippen LogP) is 1.78. The maximum Gasteiger partial charge on any atom is 0.116 e. The average Bonchev–Trinajstić information content (AvgIpc) is 2.29. The molecule has 0 amide bonds. The number of hydrogen-bond donors (Lipinski definition) is 1. The maximum absolute atomic E-state index is 4.34. The van der Waals surface area contributed by atoms with E-state index in [4.69, 9.17) is 0 Å². The van der Waals surface area contributed by atoms with E-state index < -0.39 is 0 Å². The maximum atomic E-state index is 4.34. The highest BCUT2D eigenvalue weighted by atomic mass is 14.9. The minimum Gasteiger partial charge on any atom is -0.317 e. The quantitative estimate of drug-likeness (QED) is 0.822. The molecule has 3 heteroatoms. The molecule has 1 unspecified atom stereocenters. The number of nitrogens with zero attached hydrogens (tertiary/aromatic N) is 2. The third-order valence-corrected chi connectivity index (χ3v) is 2.62. The molecule has 3 nitrogen and oxygen atoms in total. The van der Waals surface area contributed by atoms with Crippen molar-refractivity contribution in [1.82, 2.24) is 15.3 Å². The zero-order chi connectivity index (χ0) is 10.7. The number of benzene rings is 1. The third kappa shape index (κ3) is 2.13. The Bertz CT molecular complexity index is 448. The molecule has 0 radical (unpaired) electrons. The number of fused-ring (bicyclic) bond motifs is 1. The normalized spacial score (nSPS) is 12.9. The van der Waals surface area contributed by atoms with E-state index >= 15 is 0 Å². The Balaban J connectivity index is 2.42. The van der Waals surface area contributed by atoms with Gasteiger partial charge in [0.2, 0.25) is 0 Å². The van der Waals surface area contributed by atoms with Crippen molar-refractivity contribution in [2.75, 3.05) is 7.05 Å². The van der Waals surface area contributed by atoms with Gasteiger partial charge in [0.1, 0.15) is 6.33 Å². The van der Waals surface area contributed by atoms with Crippen molar-refractivity contribution in [2.45, 2.75) is 19.4 Å². The summed E-state index contributed by atoms with van der Waals surface area (Å²) in [6, 6.07) is 8.56. The topological polar surface area (TPSA) is 37.8 Å². The minimum atomic E-state index is 0.434. The van der Waals surface area contributed by atoms with E-state index in [1.807, 2.05) is 25.2 Å². The van der Waals surface area contributed by atoms with Crippen LogP contribution >= 0.6 is 0 Å². The lowest BCUT2D eigenvalue weighted by atomic mass is 10.1. The predicted molar refractivity (Wildman–Crippen MR) is 61.8 cm³/mol. The summed E-state index contributed by atoms with van der Waals surface area (Å²) in [6.07, 6.45) is 2.57. The van der Waals surface area contributed by atoms with Crippen molar-refractivity contribution in [3.05, 3.63) is 36.3 Å². The largest absolute Gasteiger partial charge is 0.317 e. The Kier molecular flexibility index (Phi) is 2.92. The molecule has 0 aliphatic heterocycles. The first-order chi connectivity index (χ1) is 7.31. The summed E-state index contributed by atoms with van der Waals surface area (Å²) in [5, 5.41) is 4.37. The minimum absolute atomic E-state index is 0.434. The van der Waals surface area contributed by atoms with Crippen LogP contribution in [-0.2, 0) is 6.42 Å². The van der Waals surface area contributed by atoms with Crippen LogP contribution in [0.3, 0.4) is 0 Å². The fraction of sp³-hybridized carbons (Fsp3) is 0.333. The second-order valence-electron chi connectivity index (χ2n) is 3.73. The van der Waals surface area contributed by atoms with Gasteiger partial charge in [0.05, 0.1) is 11.2 Å². The van der Waals surface area contributed by atoms with E-state index in [0.717, 1.165) is 23.0 Å². The monoisotopic (exact) mass is 201 g/mol. The van der Waals surface area contributed by atoms with Crippen LogP contribution in [0.5, 0.6) is 0 Å². The summed E-state index contributed by atoms with van der Waals surface area (Å²) < 4.78 is 0. The molecule has 2 aromatic rings. The average molecular weight is 201 g/mol. The van der Waals surface area contributed by atoms with Crippen molar-refractivity contribution in [2.24, 2.45) is 0 Å². The van der Waals surface area contributed by atoms with Crippen molar-refractivity contribution < 1.29 is 0 Å². The van der Waals surface area contributed by atoms with Gasteiger partial charge < -0.3 is 5.32 Å². The van der Waals surface area contributed by atoms with Gasteiger partial charge >= 0.3 is 0 Å². The van der Waals surface area contributed by atoms with Gasteiger partial charge in [0.15, 0.2) is 0 Å². The fourth-order valence-electron chi connectivity index (χ4n) is 1.62. The summed E-state index contributed by atoms with van der Waals surface area (Å²) in [7, 11) is 1.97. The lowest BCUT2D eigenvalue weighted by Gasteiger charge is -2.10. The van der Waals surface area contributed by atoms with Gasteiger partial charge in [0, 0.05) is 17.8 Å². The molecule has 0 spiro atoms. The standard InChI is InChI=1S/C12H15N3/c1-9(13-2)7-12-10-5-3-4-6-11(10)14-8-15-12/h3-6,8-9,13H,7H2,1-2H3. The molecule has 0 saturated carbocycles. The Morgan fingerprint density at radius 1 is 1.27 bits per heavy atom. The van der Waals surface area contributed by atoms with Gasteiger partial charge in [-0.3, -0.25) is 0 Å².